The average molecular weight is 278 g/mol. The van der Waals surface area contributed by atoms with Gasteiger partial charge in [-0.05, 0) is 50.5 Å². The molecule has 0 aromatic carbocycles. The number of rotatable bonds is 5. The quantitative estimate of drug-likeness (QED) is 0.805. The topological polar surface area (TPSA) is 54.2 Å². The van der Waals surface area contributed by atoms with Gasteiger partial charge in [0.1, 0.15) is 10.8 Å². The molecule has 3 N–H and O–H groups in total. The van der Waals surface area contributed by atoms with Crippen LogP contribution in [0.5, 0.6) is 0 Å². The average Bonchev–Trinajstić information content (AvgIpc) is 2.46. The third-order valence-corrected chi connectivity index (χ3v) is 3.94. The maximum absolute atomic E-state index is 5.59. The molecule has 0 unspecified atom stereocenters. The maximum Gasteiger partial charge on any atom is 0.126 e. The SMILES string of the molecule is CCN1CCC(CNc2cccc(C(N)=S)n2)CC1. The third-order valence-electron chi connectivity index (χ3n) is 3.73. The van der Waals surface area contributed by atoms with Gasteiger partial charge in [-0.2, -0.15) is 0 Å². The molecule has 5 heteroatoms. The van der Waals surface area contributed by atoms with Gasteiger partial charge in [-0.3, -0.25) is 0 Å². The molecule has 0 bridgehead atoms. The molecule has 1 aromatic heterocycles. The predicted octanol–water partition coefficient (Wildman–Crippen LogP) is 1.86. The van der Waals surface area contributed by atoms with Gasteiger partial charge in [-0.25, -0.2) is 4.98 Å². The molecule has 4 nitrogen and oxygen atoms in total. The molecule has 0 saturated carbocycles. The van der Waals surface area contributed by atoms with E-state index in [4.69, 9.17) is 18.0 Å². The summed E-state index contributed by atoms with van der Waals surface area (Å²) < 4.78 is 0. The number of hydrogen-bond donors (Lipinski definition) is 2. The van der Waals surface area contributed by atoms with E-state index >= 15 is 0 Å². The summed E-state index contributed by atoms with van der Waals surface area (Å²) in [6.07, 6.45) is 2.52. The first kappa shape index (κ1) is 14.2. The zero-order valence-corrected chi connectivity index (χ0v) is 12.2. The predicted molar refractivity (Wildman–Crippen MR) is 83.5 cm³/mol. The minimum atomic E-state index is 0.347. The Bertz CT molecular complexity index is 427. The highest BCUT2D eigenvalue weighted by atomic mass is 32.1. The van der Waals surface area contributed by atoms with Crippen LogP contribution in [0, 0.1) is 5.92 Å². The van der Waals surface area contributed by atoms with Gasteiger partial charge in [0.05, 0.1) is 5.69 Å². The fourth-order valence-electron chi connectivity index (χ4n) is 2.43. The molecule has 0 amide bonds. The van der Waals surface area contributed by atoms with Crippen LogP contribution in [-0.2, 0) is 0 Å². The second-order valence-corrected chi connectivity index (χ2v) is 5.47. The lowest BCUT2D eigenvalue weighted by Gasteiger charge is -2.31. The normalized spacial score (nSPS) is 17.3. The van der Waals surface area contributed by atoms with Crippen molar-refractivity contribution in [1.29, 1.82) is 0 Å². The van der Waals surface area contributed by atoms with Crippen LogP contribution >= 0.6 is 12.2 Å². The summed E-state index contributed by atoms with van der Waals surface area (Å²) >= 11 is 4.94. The van der Waals surface area contributed by atoms with E-state index in [-0.39, 0.29) is 0 Å². The largest absolute Gasteiger partial charge is 0.388 e. The summed E-state index contributed by atoms with van der Waals surface area (Å²) in [6, 6.07) is 5.74. The van der Waals surface area contributed by atoms with E-state index in [1.807, 2.05) is 18.2 Å². The fraction of sp³-hybridized carbons (Fsp3) is 0.571. The molecule has 1 aromatic rings. The Morgan fingerprint density at radius 2 is 2.21 bits per heavy atom. The van der Waals surface area contributed by atoms with Crippen molar-refractivity contribution in [2.45, 2.75) is 19.8 Å². The molecular formula is C14H22N4S. The van der Waals surface area contributed by atoms with Crippen molar-refractivity contribution in [2.24, 2.45) is 11.7 Å². The summed E-state index contributed by atoms with van der Waals surface area (Å²) in [5.74, 6) is 1.60. The summed E-state index contributed by atoms with van der Waals surface area (Å²) in [5.41, 5.74) is 6.27. The van der Waals surface area contributed by atoms with Crippen molar-refractivity contribution >= 4 is 23.0 Å². The van der Waals surface area contributed by atoms with Gasteiger partial charge in [-0.1, -0.05) is 25.2 Å². The molecule has 0 spiro atoms. The second kappa shape index (κ2) is 6.82. The zero-order chi connectivity index (χ0) is 13.7. The van der Waals surface area contributed by atoms with Gasteiger partial charge in [0.25, 0.3) is 0 Å². The van der Waals surface area contributed by atoms with E-state index in [0.717, 1.165) is 24.8 Å². The molecule has 1 aliphatic heterocycles. The highest BCUT2D eigenvalue weighted by molar-refractivity contribution is 7.80. The van der Waals surface area contributed by atoms with Crippen LogP contribution in [0.25, 0.3) is 0 Å². The number of likely N-dealkylation sites (tertiary alicyclic amines) is 1. The van der Waals surface area contributed by atoms with Gasteiger partial charge >= 0.3 is 0 Å². The van der Waals surface area contributed by atoms with Crippen LogP contribution < -0.4 is 11.1 Å². The number of aromatic nitrogens is 1. The van der Waals surface area contributed by atoms with Crippen molar-refractivity contribution in [3.63, 3.8) is 0 Å². The molecule has 1 aliphatic rings. The van der Waals surface area contributed by atoms with Gasteiger partial charge in [0.2, 0.25) is 0 Å². The zero-order valence-electron chi connectivity index (χ0n) is 11.4. The van der Waals surface area contributed by atoms with Crippen LogP contribution in [-0.4, -0.2) is 41.1 Å². The van der Waals surface area contributed by atoms with Crippen LogP contribution in [0.3, 0.4) is 0 Å². The minimum absolute atomic E-state index is 0.347. The molecule has 1 saturated heterocycles. The Hall–Kier alpha value is -1.20. The number of thiocarbonyl (C=S) groups is 1. The Morgan fingerprint density at radius 3 is 2.84 bits per heavy atom. The number of piperidine rings is 1. The molecule has 0 aliphatic carbocycles. The number of nitrogens with one attached hydrogen (secondary N) is 1. The molecule has 0 atom stereocenters. The lowest BCUT2D eigenvalue weighted by atomic mass is 9.97. The van der Waals surface area contributed by atoms with E-state index in [1.54, 1.807) is 0 Å². The van der Waals surface area contributed by atoms with Gasteiger partial charge < -0.3 is 16.0 Å². The number of hydrogen-bond acceptors (Lipinski definition) is 4. The highest BCUT2D eigenvalue weighted by Crippen LogP contribution is 2.17. The number of nitrogens with zero attached hydrogens (tertiary/aromatic N) is 2. The van der Waals surface area contributed by atoms with Crippen LogP contribution in [0.4, 0.5) is 5.82 Å². The first-order valence-corrected chi connectivity index (χ1v) is 7.33. The minimum Gasteiger partial charge on any atom is -0.388 e. The lowest BCUT2D eigenvalue weighted by Crippen LogP contribution is -2.35. The summed E-state index contributed by atoms with van der Waals surface area (Å²) in [5, 5.41) is 3.40. The van der Waals surface area contributed by atoms with Gasteiger partial charge in [0.15, 0.2) is 0 Å². The van der Waals surface area contributed by atoms with Crippen LogP contribution in [0.1, 0.15) is 25.5 Å². The van der Waals surface area contributed by atoms with Gasteiger partial charge in [0, 0.05) is 6.54 Å². The van der Waals surface area contributed by atoms with E-state index in [0.29, 0.717) is 10.7 Å². The molecule has 0 radical (unpaired) electrons. The maximum atomic E-state index is 5.59. The van der Waals surface area contributed by atoms with Crippen molar-refractivity contribution in [2.75, 3.05) is 31.5 Å². The Kier molecular flexibility index (Phi) is 5.10. The molecule has 1 fully saturated rings. The van der Waals surface area contributed by atoms with Gasteiger partial charge in [-0.15, -0.1) is 0 Å². The van der Waals surface area contributed by atoms with Crippen molar-refractivity contribution < 1.29 is 0 Å². The second-order valence-electron chi connectivity index (χ2n) is 5.03. The third kappa shape index (κ3) is 4.14. The van der Waals surface area contributed by atoms with Crippen LogP contribution in [0.15, 0.2) is 18.2 Å². The number of anilines is 1. The summed E-state index contributed by atoms with van der Waals surface area (Å²) in [7, 11) is 0. The highest BCUT2D eigenvalue weighted by Gasteiger charge is 2.17. The fourth-order valence-corrected chi connectivity index (χ4v) is 2.54. The molecule has 104 valence electrons. The number of pyridine rings is 1. The Morgan fingerprint density at radius 1 is 1.47 bits per heavy atom. The Balaban J connectivity index is 1.82. The first-order valence-electron chi connectivity index (χ1n) is 6.92. The van der Waals surface area contributed by atoms with E-state index < -0.39 is 0 Å². The smallest absolute Gasteiger partial charge is 0.126 e. The van der Waals surface area contributed by atoms with Crippen molar-refractivity contribution in [3.8, 4) is 0 Å². The monoisotopic (exact) mass is 278 g/mol. The molecule has 19 heavy (non-hydrogen) atoms. The number of nitrogens with two attached hydrogens (primary N) is 1. The summed E-state index contributed by atoms with van der Waals surface area (Å²) in [4.78, 5) is 7.25. The lowest BCUT2D eigenvalue weighted by molar-refractivity contribution is 0.198. The van der Waals surface area contributed by atoms with E-state index in [2.05, 4.69) is 22.1 Å². The van der Waals surface area contributed by atoms with Crippen LogP contribution in [0.2, 0.25) is 0 Å². The van der Waals surface area contributed by atoms with Crippen molar-refractivity contribution in [1.82, 2.24) is 9.88 Å². The van der Waals surface area contributed by atoms with Crippen molar-refractivity contribution in [3.05, 3.63) is 23.9 Å². The molecule has 2 heterocycles. The van der Waals surface area contributed by atoms with E-state index in [1.165, 1.54) is 25.9 Å². The standard InChI is InChI=1S/C14H22N4S/c1-2-18-8-6-11(7-9-18)10-16-13-5-3-4-12(17-13)14(15)19/h3-5,11H,2,6-10H2,1H3,(H2,15,19)(H,16,17). The first-order chi connectivity index (χ1) is 9.19. The molecule has 2 rings (SSSR count). The summed E-state index contributed by atoms with van der Waals surface area (Å²) in [6.45, 7) is 6.79. The Labute approximate surface area is 120 Å². The van der Waals surface area contributed by atoms with E-state index in [9.17, 15) is 0 Å². The molecular weight excluding hydrogens is 256 g/mol.